The van der Waals surface area contributed by atoms with Crippen LogP contribution in [0.5, 0.6) is 11.6 Å². The second kappa shape index (κ2) is 15.6. The van der Waals surface area contributed by atoms with E-state index in [1.807, 2.05) is 11.6 Å². The highest BCUT2D eigenvalue weighted by Gasteiger charge is 2.64. The molecule has 0 spiro atoms. The van der Waals surface area contributed by atoms with Crippen LogP contribution in [0.25, 0.3) is 10.8 Å². The molecule has 6 rings (SSSR count). The number of nitrogens with one attached hydrogen (secondary N) is 3. The van der Waals surface area contributed by atoms with Gasteiger partial charge in [0.15, 0.2) is 11.6 Å². The van der Waals surface area contributed by atoms with Gasteiger partial charge in [0.2, 0.25) is 33.6 Å². The Morgan fingerprint density at radius 2 is 1.83 bits per heavy atom. The summed E-state index contributed by atoms with van der Waals surface area (Å²) < 4.78 is 109. The molecule has 0 bridgehead atoms. The summed E-state index contributed by atoms with van der Waals surface area (Å²) in [4.78, 5) is 61.7. The fourth-order valence-corrected chi connectivity index (χ4v) is 9.18. The van der Waals surface area contributed by atoms with E-state index in [-0.39, 0.29) is 55.2 Å². The van der Waals surface area contributed by atoms with E-state index in [0.29, 0.717) is 38.5 Å². The van der Waals surface area contributed by atoms with Gasteiger partial charge in [-0.3, -0.25) is 23.9 Å². The van der Waals surface area contributed by atoms with Crippen molar-refractivity contribution in [2.75, 3.05) is 20.3 Å². The predicted octanol–water partition coefficient (Wildman–Crippen LogP) is 4.64. The van der Waals surface area contributed by atoms with Crippen molar-refractivity contribution in [1.82, 2.24) is 25.2 Å². The van der Waals surface area contributed by atoms with Gasteiger partial charge in [-0.1, -0.05) is 26.0 Å². The molecule has 3 fully saturated rings. The van der Waals surface area contributed by atoms with E-state index in [0.717, 1.165) is 11.0 Å². The molecule has 3 heterocycles. The predicted molar refractivity (Wildman–Crippen MR) is 200 cm³/mol. The van der Waals surface area contributed by atoms with Gasteiger partial charge >= 0.3 is 6.18 Å². The summed E-state index contributed by atoms with van der Waals surface area (Å²) in [7, 11) is -3.19. The number of methoxy groups -OCH3 is 1. The highest BCUT2D eigenvalue weighted by atomic mass is 32.2. The Morgan fingerprint density at radius 3 is 2.47 bits per heavy atom. The van der Waals surface area contributed by atoms with Gasteiger partial charge in [0.1, 0.15) is 40.6 Å². The number of pyridine rings is 1. The van der Waals surface area contributed by atoms with Crippen LogP contribution in [0, 0.1) is 29.0 Å². The number of ether oxygens (including phenoxy) is 2. The zero-order chi connectivity index (χ0) is 42.6. The van der Waals surface area contributed by atoms with Crippen LogP contribution < -0.4 is 24.8 Å². The number of amides is 4. The molecule has 1 aromatic carbocycles. The molecule has 19 heteroatoms. The van der Waals surface area contributed by atoms with Gasteiger partial charge in [-0.15, -0.1) is 0 Å². The smallest absolute Gasteiger partial charge is 0.402 e. The maximum absolute atomic E-state index is 14.9. The number of aromatic nitrogens is 1. The lowest BCUT2D eigenvalue weighted by molar-refractivity contribution is -0.212. The Morgan fingerprint density at radius 1 is 1.12 bits per heavy atom. The molecule has 13 nitrogen and oxygen atoms in total. The monoisotopic (exact) mass is 841 g/mol. The Bertz CT molecular complexity index is 2110. The van der Waals surface area contributed by atoms with Gasteiger partial charge in [0.05, 0.1) is 13.7 Å². The third kappa shape index (κ3) is 8.06. The summed E-state index contributed by atoms with van der Waals surface area (Å²) in [5.41, 5.74) is -4.70. The van der Waals surface area contributed by atoms with E-state index in [1.165, 1.54) is 19.4 Å². The SMILES string of the molecule is COc1cc2ccnc(O[C@@H]3C[C@H]4C(=O)NC5(C(=O)NS(=O)(=O)C6(CF)CC6)C[C@H]5/C=C\CC[C@@H](C)C[C@@H](C)[C@H](NC(=O)C(C)(C)C(F)(F)F)C(=O)N4C3)c2cc1F. The average molecular weight is 842 g/mol. The summed E-state index contributed by atoms with van der Waals surface area (Å²) in [5, 5.41) is 5.73. The fourth-order valence-electron chi connectivity index (χ4n) is 7.76. The van der Waals surface area contributed by atoms with Crippen LogP contribution in [0.3, 0.4) is 0 Å². The molecule has 1 saturated heterocycles. The molecule has 1 unspecified atom stereocenters. The van der Waals surface area contributed by atoms with Crippen molar-refractivity contribution in [2.45, 2.75) is 107 Å². The molecular weight excluding hydrogens is 794 g/mol. The van der Waals surface area contributed by atoms with Crippen molar-refractivity contribution >= 4 is 44.4 Å². The van der Waals surface area contributed by atoms with Crippen LogP contribution in [0.2, 0.25) is 0 Å². The number of carbonyl (C=O) groups excluding carboxylic acids is 4. The molecule has 2 saturated carbocycles. The molecule has 2 aromatic rings. The number of hydrogen-bond donors (Lipinski definition) is 3. The van der Waals surface area contributed by atoms with Crippen molar-refractivity contribution in [3.8, 4) is 11.6 Å². The van der Waals surface area contributed by atoms with E-state index in [4.69, 9.17) is 9.47 Å². The number of benzene rings is 1. The molecule has 4 aliphatic rings. The normalized spacial score (nSPS) is 29.5. The first-order valence-corrected chi connectivity index (χ1v) is 20.7. The number of rotatable bonds is 9. The third-order valence-corrected chi connectivity index (χ3v) is 14.2. The molecule has 7 atom stereocenters. The Balaban J connectivity index is 1.38. The van der Waals surface area contributed by atoms with Gasteiger partial charge in [-0.25, -0.2) is 22.2 Å². The summed E-state index contributed by atoms with van der Waals surface area (Å²) >= 11 is 0. The van der Waals surface area contributed by atoms with Crippen molar-refractivity contribution in [3.05, 3.63) is 42.4 Å². The first kappa shape index (κ1) is 43.0. The number of carbonyl (C=O) groups is 4. The van der Waals surface area contributed by atoms with E-state index in [2.05, 4.69) is 15.6 Å². The second-order valence-corrected chi connectivity index (χ2v) is 18.8. The molecule has 58 heavy (non-hydrogen) atoms. The third-order valence-electron chi connectivity index (χ3n) is 12.1. The topological polar surface area (TPSA) is 173 Å². The van der Waals surface area contributed by atoms with Gasteiger partial charge in [0, 0.05) is 23.9 Å². The molecule has 3 N–H and O–H groups in total. The van der Waals surface area contributed by atoms with Crippen molar-refractivity contribution in [2.24, 2.45) is 23.2 Å². The molecule has 4 amide bonds. The molecular formula is C39H48F5N5O8S. The van der Waals surface area contributed by atoms with Gasteiger partial charge in [0.25, 0.3) is 5.91 Å². The number of nitrogens with zero attached hydrogens (tertiary/aromatic N) is 2. The van der Waals surface area contributed by atoms with Crippen molar-refractivity contribution in [1.29, 1.82) is 0 Å². The average Bonchev–Trinajstić information content (AvgIpc) is 4.06. The highest BCUT2D eigenvalue weighted by Crippen LogP contribution is 2.48. The van der Waals surface area contributed by atoms with Crippen LogP contribution >= 0.6 is 0 Å². The number of halogens is 5. The minimum absolute atomic E-state index is 0.00947. The largest absolute Gasteiger partial charge is 0.494 e. The Labute approximate surface area is 332 Å². The van der Waals surface area contributed by atoms with Gasteiger partial charge in [-0.2, -0.15) is 13.2 Å². The summed E-state index contributed by atoms with van der Waals surface area (Å²) in [5.74, 6) is -6.67. The lowest BCUT2D eigenvalue weighted by atomic mass is 9.86. The maximum Gasteiger partial charge on any atom is 0.402 e. The molecule has 318 valence electrons. The zero-order valence-electron chi connectivity index (χ0n) is 32.8. The summed E-state index contributed by atoms with van der Waals surface area (Å²) in [6.07, 6.45) is -0.0891. The van der Waals surface area contributed by atoms with Crippen LogP contribution in [0.4, 0.5) is 22.0 Å². The van der Waals surface area contributed by atoms with Crippen LogP contribution in [0.15, 0.2) is 36.5 Å². The van der Waals surface area contributed by atoms with Gasteiger partial charge in [-0.05, 0) is 87.8 Å². The number of fused-ring (bicyclic) bond motifs is 3. The molecule has 2 aliphatic heterocycles. The van der Waals surface area contributed by atoms with E-state index >= 15 is 0 Å². The van der Waals surface area contributed by atoms with Crippen molar-refractivity contribution < 1.29 is 59.0 Å². The number of sulfonamides is 1. The highest BCUT2D eigenvalue weighted by molar-refractivity contribution is 7.91. The fraction of sp³-hybridized carbons (Fsp3) is 0.615. The Hall–Kier alpha value is -4.55. The number of allylic oxidation sites excluding steroid dienone is 1. The quantitative estimate of drug-likeness (QED) is 0.240. The van der Waals surface area contributed by atoms with E-state index in [9.17, 15) is 49.5 Å². The summed E-state index contributed by atoms with van der Waals surface area (Å²) in [6, 6.07) is 1.15. The van der Waals surface area contributed by atoms with Crippen molar-refractivity contribution in [3.63, 3.8) is 0 Å². The number of hydrogen-bond acceptors (Lipinski definition) is 9. The first-order valence-electron chi connectivity index (χ1n) is 19.2. The van der Waals surface area contributed by atoms with Crippen LogP contribution in [-0.4, -0.2) is 96.9 Å². The summed E-state index contributed by atoms with van der Waals surface area (Å²) in [6.45, 7) is 3.33. The van der Waals surface area contributed by atoms with E-state index < -0.39 is 98.0 Å². The van der Waals surface area contributed by atoms with E-state index in [1.54, 1.807) is 25.1 Å². The lowest BCUT2D eigenvalue weighted by Crippen LogP contribution is -2.60. The number of alkyl halides is 4. The zero-order valence-corrected chi connectivity index (χ0v) is 33.6. The van der Waals surface area contributed by atoms with Crippen LogP contribution in [-0.2, 0) is 29.2 Å². The van der Waals surface area contributed by atoms with Gasteiger partial charge < -0.3 is 25.0 Å². The lowest BCUT2D eigenvalue weighted by Gasteiger charge is -2.35. The Kier molecular flexibility index (Phi) is 11.5. The molecule has 1 aromatic heterocycles. The maximum atomic E-state index is 14.9. The standard InChI is InChI=1S/C39H48F5N5O8S/c1-21-8-6-7-9-24-18-38(24,35(53)48-58(54,55)37(20-40)11-12-37)47-31(50)28-16-25(57-32-26-17-27(41)29(56-5)15-23(26)10-13-45-32)19-49(28)33(51)30(22(2)14-21)46-34(52)36(3,4)39(42,43)44/h7,9-10,13,15,17,21-22,24-25,28,30H,6,8,11-12,14,16,18-20H2,1-5H3,(H,46,52)(H,47,50)(H,48,53)/b9-7-/t21-,22-,24-,25-,28+,30+,38?/m1/s1. The first-order chi connectivity index (χ1) is 27.1. The van der Waals surface area contributed by atoms with Crippen LogP contribution in [0.1, 0.15) is 72.6 Å². The molecule has 2 aliphatic carbocycles. The molecule has 0 radical (unpaired) electrons. The minimum Gasteiger partial charge on any atom is -0.494 e. The second-order valence-electron chi connectivity index (χ2n) is 16.7. The minimum atomic E-state index is -4.97.